The van der Waals surface area contributed by atoms with E-state index in [1.165, 1.54) is 0 Å². The normalized spacial score (nSPS) is 11.1. The van der Waals surface area contributed by atoms with Gasteiger partial charge in [-0.3, -0.25) is 0 Å². The molecule has 7 nitrogen and oxygen atoms in total. The number of aliphatic hydroxyl groups excluding tert-OH is 1. The van der Waals surface area contributed by atoms with Gasteiger partial charge in [-0.2, -0.15) is 0 Å². The molecule has 0 bridgehead atoms. The van der Waals surface area contributed by atoms with Crippen LogP contribution in [0.25, 0.3) is 0 Å². The van der Waals surface area contributed by atoms with Crippen molar-refractivity contribution in [3.63, 3.8) is 0 Å². The molecule has 0 spiro atoms. The van der Waals surface area contributed by atoms with Crippen LogP contribution in [-0.4, -0.2) is 36.8 Å². The Balaban J connectivity index is 0.000000288. The number of aryl methyl sites for hydroxylation is 1. The van der Waals surface area contributed by atoms with Gasteiger partial charge in [0.2, 0.25) is 0 Å². The minimum Gasteiger partial charge on any atom is -0.473 e. The maximum Gasteiger partial charge on any atom is 0.414 e. The van der Waals surface area contributed by atoms with E-state index in [2.05, 4.69) is 4.98 Å². The lowest BCUT2D eigenvalue weighted by molar-refractivity contribution is -0.159. The summed E-state index contributed by atoms with van der Waals surface area (Å²) < 4.78 is 1.80. The Labute approximate surface area is 85.6 Å². The number of rotatable bonds is 1. The Kier molecular flexibility index (Phi) is 5.03. The van der Waals surface area contributed by atoms with Gasteiger partial charge in [0.1, 0.15) is 11.9 Å². The van der Waals surface area contributed by atoms with Crippen LogP contribution in [0, 0.1) is 0 Å². The Morgan fingerprint density at radius 2 is 1.87 bits per heavy atom. The van der Waals surface area contributed by atoms with Gasteiger partial charge in [0.15, 0.2) is 0 Å². The van der Waals surface area contributed by atoms with Crippen LogP contribution in [0.15, 0.2) is 12.4 Å². The van der Waals surface area contributed by atoms with Gasteiger partial charge >= 0.3 is 11.9 Å². The highest BCUT2D eigenvalue weighted by atomic mass is 16.4. The maximum atomic E-state index is 9.10. The number of aliphatic hydroxyl groups is 1. The van der Waals surface area contributed by atoms with Crippen molar-refractivity contribution in [3.8, 4) is 0 Å². The van der Waals surface area contributed by atoms with Crippen LogP contribution >= 0.6 is 0 Å². The van der Waals surface area contributed by atoms with Gasteiger partial charge in [0, 0.05) is 19.4 Å². The summed E-state index contributed by atoms with van der Waals surface area (Å²) in [4.78, 5) is 22.1. The van der Waals surface area contributed by atoms with Crippen molar-refractivity contribution >= 4 is 11.9 Å². The highest BCUT2D eigenvalue weighted by Gasteiger charge is 2.04. The van der Waals surface area contributed by atoms with E-state index in [1.807, 2.05) is 13.2 Å². The number of carboxylic acids is 2. The van der Waals surface area contributed by atoms with Crippen molar-refractivity contribution in [2.75, 3.05) is 0 Å². The minimum atomic E-state index is -1.82. The molecule has 84 valence electrons. The third kappa shape index (κ3) is 4.77. The predicted molar refractivity (Wildman–Crippen MR) is 49.1 cm³/mol. The van der Waals surface area contributed by atoms with Crippen molar-refractivity contribution in [3.05, 3.63) is 18.2 Å². The highest BCUT2D eigenvalue weighted by molar-refractivity contribution is 6.27. The molecular formula is C8H12N2O5. The summed E-state index contributed by atoms with van der Waals surface area (Å²) in [6, 6.07) is 0. The molecule has 0 aliphatic rings. The van der Waals surface area contributed by atoms with E-state index in [4.69, 9.17) is 24.9 Å². The van der Waals surface area contributed by atoms with E-state index < -0.39 is 18.0 Å². The first kappa shape index (κ1) is 13.1. The van der Waals surface area contributed by atoms with E-state index in [1.54, 1.807) is 17.7 Å². The van der Waals surface area contributed by atoms with Crippen molar-refractivity contribution in [1.82, 2.24) is 9.55 Å². The topological polar surface area (TPSA) is 113 Å². The molecule has 1 atom stereocenters. The summed E-state index contributed by atoms with van der Waals surface area (Å²) in [5.41, 5.74) is 0. The molecule has 0 radical (unpaired) electrons. The molecule has 1 heterocycles. The number of aliphatic carboxylic acids is 2. The van der Waals surface area contributed by atoms with Crippen LogP contribution in [0.1, 0.15) is 18.9 Å². The second-order valence-electron chi connectivity index (χ2n) is 2.68. The second kappa shape index (κ2) is 5.76. The van der Waals surface area contributed by atoms with Gasteiger partial charge in [-0.25, -0.2) is 14.6 Å². The Bertz CT molecular complexity index is 333. The summed E-state index contributed by atoms with van der Waals surface area (Å²) in [5, 5.41) is 23.8. The molecular weight excluding hydrogens is 204 g/mol. The molecule has 1 aromatic heterocycles. The number of nitrogens with zero attached hydrogens (tertiary/aromatic N) is 2. The van der Waals surface area contributed by atoms with Crippen LogP contribution in [0.4, 0.5) is 0 Å². The summed E-state index contributed by atoms with van der Waals surface area (Å²) in [5.74, 6) is -2.94. The van der Waals surface area contributed by atoms with Crippen LogP contribution in [-0.2, 0) is 16.6 Å². The molecule has 3 N–H and O–H groups in total. The first-order chi connectivity index (χ1) is 6.86. The number of carbonyl (C=O) groups is 2. The lowest BCUT2D eigenvalue weighted by Gasteiger charge is -2.01. The Hall–Kier alpha value is -1.89. The molecule has 15 heavy (non-hydrogen) atoms. The van der Waals surface area contributed by atoms with E-state index in [0.717, 1.165) is 0 Å². The molecule has 0 saturated heterocycles. The fourth-order valence-electron chi connectivity index (χ4n) is 0.780. The van der Waals surface area contributed by atoms with Gasteiger partial charge in [0.25, 0.3) is 0 Å². The average Bonchev–Trinajstić information content (AvgIpc) is 2.52. The van der Waals surface area contributed by atoms with Gasteiger partial charge in [-0.15, -0.1) is 0 Å². The largest absolute Gasteiger partial charge is 0.473 e. The standard InChI is InChI=1S/C6H10N2O.C2H2O4/c1-5(9)6-7-3-4-8(6)2;3-1(4)2(5)6/h3-5,9H,1-2H3;(H,3,4)(H,5,6). The third-order valence-electron chi connectivity index (χ3n) is 1.42. The number of hydrogen-bond acceptors (Lipinski definition) is 4. The van der Waals surface area contributed by atoms with Crippen molar-refractivity contribution in [2.24, 2.45) is 7.05 Å². The Morgan fingerprint density at radius 1 is 1.40 bits per heavy atom. The SMILES string of the molecule is CC(O)c1nccn1C.O=C(O)C(=O)O. The minimum absolute atomic E-state index is 0.468. The molecule has 1 unspecified atom stereocenters. The molecule has 0 amide bonds. The zero-order chi connectivity index (χ0) is 12.0. The van der Waals surface area contributed by atoms with Gasteiger partial charge in [-0.1, -0.05) is 0 Å². The van der Waals surface area contributed by atoms with E-state index in [0.29, 0.717) is 5.82 Å². The molecule has 0 aliphatic carbocycles. The zero-order valence-corrected chi connectivity index (χ0v) is 8.28. The zero-order valence-electron chi connectivity index (χ0n) is 8.28. The van der Waals surface area contributed by atoms with Crippen molar-refractivity contribution < 1.29 is 24.9 Å². The van der Waals surface area contributed by atoms with E-state index in [9.17, 15) is 0 Å². The number of imidazole rings is 1. The molecule has 0 aliphatic heterocycles. The number of hydrogen-bond donors (Lipinski definition) is 3. The monoisotopic (exact) mass is 216 g/mol. The lowest BCUT2D eigenvalue weighted by Crippen LogP contribution is -2.09. The average molecular weight is 216 g/mol. The van der Waals surface area contributed by atoms with Gasteiger partial charge in [0.05, 0.1) is 0 Å². The van der Waals surface area contributed by atoms with Crippen LogP contribution in [0.3, 0.4) is 0 Å². The summed E-state index contributed by atoms with van der Waals surface area (Å²) in [6.07, 6.45) is 3.01. The fraction of sp³-hybridized carbons (Fsp3) is 0.375. The quantitative estimate of drug-likeness (QED) is 0.552. The Morgan fingerprint density at radius 3 is 2.00 bits per heavy atom. The number of carboxylic acid groups (broad SMARTS) is 2. The molecule has 0 fully saturated rings. The molecule has 0 saturated carbocycles. The summed E-state index contributed by atoms with van der Waals surface area (Å²) in [7, 11) is 1.86. The smallest absolute Gasteiger partial charge is 0.414 e. The lowest BCUT2D eigenvalue weighted by atomic mass is 10.4. The molecule has 0 aromatic carbocycles. The summed E-state index contributed by atoms with van der Waals surface area (Å²) in [6.45, 7) is 1.70. The van der Waals surface area contributed by atoms with Crippen molar-refractivity contribution in [1.29, 1.82) is 0 Å². The molecule has 7 heteroatoms. The molecule has 1 rings (SSSR count). The summed E-state index contributed by atoms with van der Waals surface area (Å²) >= 11 is 0. The first-order valence-corrected chi connectivity index (χ1v) is 3.97. The second-order valence-corrected chi connectivity index (χ2v) is 2.68. The molecule has 1 aromatic rings. The van der Waals surface area contributed by atoms with Crippen LogP contribution in [0.2, 0.25) is 0 Å². The van der Waals surface area contributed by atoms with E-state index in [-0.39, 0.29) is 0 Å². The van der Waals surface area contributed by atoms with Crippen molar-refractivity contribution in [2.45, 2.75) is 13.0 Å². The first-order valence-electron chi connectivity index (χ1n) is 3.97. The van der Waals surface area contributed by atoms with Gasteiger partial charge in [-0.05, 0) is 6.92 Å². The van der Waals surface area contributed by atoms with Gasteiger partial charge < -0.3 is 19.9 Å². The highest BCUT2D eigenvalue weighted by Crippen LogP contribution is 2.05. The third-order valence-corrected chi connectivity index (χ3v) is 1.42. The van der Waals surface area contributed by atoms with E-state index >= 15 is 0 Å². The fourth-order valence-corrected chi connectivity index (χ4v) is 0.780. The maximum absolute atomic E-state index is 9.10. The van der Waals surface area contributed by atoms with Crippen LogP contribution in [0.5, 0.6) is 0 Å². The predicted octanol–water partition coefficient (Wildman–Crippen LogP) is -0.371. The number of aromatic nitrogens is 2. The van der Waals surface area contributed by atoms with Crippen LogP contribution < -0.4 is 0 Å².